The lowest BCUT2D eigenvalue weighted by atomic mass is 10.0. The SMILES string of the molecule is Cc1ccc(C(C)C)cc1OCC(CBr)c1ccccc1. The van der Waals surface area contributed by atoms with Crippen molar-refractivity contribution >= 4 is 15.9 Å². The van der Waals surface area contributed by atoms with Gasteiger partial charge in [0.25, 0.3) is 0 Å². The zero-order chi connectivity index (χ0) is 15.2. The highest BCUT2D eigenvalue weighted by atomic mass is 79.9. The molecule has 0 heterocycles. The Morgan fingerprint density at radius 2 is 1.71 bits per heavy atom. The first-order valence-electron chi connectivity index (χ1n) is 7.46. The van der Waals surface area contributed by atoms with Crippen LogP contribution in [0.25, 0.3) is 0 Å². The topological polar surface area (TPSA) is 9.23 Å². The molecule has 0 bridgehead atoms. The molecule has 2 heteroatoms. The van der Waals surface area contributed by atoms with Crippen molar-refractivity contribution in [1.29, 1.82) is 0 Å². The quantitative estimate of drug-likeness (QED) is 0.611. The Morgan fingerprint density at radius 3 is 2.33 bits per heavy atom. The van der Waals surface area contributed by atoms with Crippen LogP contribution in [0, 0.1) is 6.92 Å². The fourth-order valence-electron chi connectivity index (χ4n) is 2.28. The molecule has 112 valence electrons. The predicted molar refractivity (Wildman–Crippen MR) is 93.7 cm³/mol. The lowest BCUT2D eigenvalue weighted by Gasteiger charge is -2.18. The third-order valence-corrected chi connectivity index (χ3v) is 4.56. The van der Waals surface area contributed by atoms with Gasteiger partial charge in [0.2, 0.25) is 0 Å². The zero-order valence-electron chi connectivity index (χ0n) is 13.0. The fraction of sp³-hybridized carbons (Fsp3) is 0.368. The van der Waals surface area contributed by atoms with Gasteiger partial charge in [-0.3, -0.25) is 0 Å². The molecule has 2 aromatic rings. The molecule has 0 amide bonds. The molecule has 0 aliphatic heterocycles. The van der Waals surface area contributed by atoms with E-state index in [0.29, 0.717) is 18.4 Å². The monoisotopic (exact) mass is 346 g/mol. The van der Waals surface area contributed by atoms with Crippen LogP contribution in [-0.2, 0) is 0 Å². The van der Waals surface area contributed by atoms with Crippen molar-refractivity contribution in [2.24, 2.45) is 0 Å². The van der Waals surface area contributed by atoms with E-state index in [9.17, 15) is 0 Å². The van der Waals surface area contributed by atoms with E-state index >= 15 is 0 Å². The Bertz CT molecular complexity index is 563. The van der Waals surface area contributed by atoms with Gasteiger partial charge in [0.15, 0.2) is 0 Å². The second kappa shape index (κ2) is 7.65. The minimum absolute atomic E-state index is 0.369. The molecule has 0 fully saturated rings. The molecule has 1 nitrogen and oxygen atoms in total. The van der Waals surface area contributed by atoms with Crippen LogP contribution in [0.3, 0.4) is 0 Å². The zero-order valence-corrected chi connectivity index (χ0v) is 14.6. The summed E-state index contributed by atoms with van der Waals surface area (Å²) in [4.78, 5) is 0. The molecule has 1 atom stereocenters. The van der Waals surface area contributed by atoms with Crippen LogP contribution in [0.5, 0.6) is 5.75 Å². The minimum atomic E-state index is 0.369. The third kappa shape index (κ3) is 4.34. The second-order valence-corrected chi connectivity index (χ2v) is 6.40. The molecule has 0 aliphatic carbocycles. The highest BCUT2D eigenvalue weighted by Crippen LogP contribution is 2.26. The predicted octanol–water partition coefficient (Wildman–Crippen LogP) is 5.68. The number of rotatable bonds is 6. The van der Waals surface area contributed by atoms with Crippen molar-refractivity contribution in [2.45, 2.75) is 32.6 Å². The number of hydrogen-bond donors (Lipinski definition) is 0. The van der Waals surface area contributed by atoms with Crippen molar-refractivity contribution < 1.29 is 4.74 Å². The summed E-state index contributed by atoms with van der Waals surface area (Å²) in [5, 5.41) is 0.903. The van der Waals surface area contributed by atoms with Crippen molar-refractivity contribution in [3.8, 4) is 5.75 Å². The van der Waals surface area contributed by atoms with E-state index in [0.717, 1.165) is 11.1 Å². The average molecular weight is 347 g/mol. The first kappa shape index (κ1) is 16.1. The van der Waals surface area contributed by atoms with Crippen LogP contribution < -0.4 is 4.74 Å². The van der Waals surface area contributed by atoms with Crippen molar-refractivity contribution in [3.63, 3.8) is 0 Å². The molecular weight excluding hydrogens is 324 g/mol. The Morgan fingerprint density at radius 1 is 1.00 bits per heavy atom. The molecule has 2 aromatic carbocycles. The number of aryl methyl sites for hydroxylation is 1. The van der Waals surface area contributed by atoms with E-state index in [2.05, 4.69) is 79.2 Å². The summed E-state index contributed by atoms with van der Waals surface area (Å²) in [5.74, 6) is 1.89. The van der Waals surface area contributed by atoms with E-state index in [4.69, 9.17) is 4.74 Å². The van der Waals surface area contributed by atoms with Gasteiger partial charge >= 0.3 is 0 Å². The molecule has 0 radical (unpaired) electrons. The minimum Gasteiger partial charge on any atom is -0.493 e. The molecule has 0 aromatic heterocycles. The summed E-state index contributed by atoms with van der Waals surface area (Å²) in [6, 6.07) is 17.0. The normalized spacial score (nSPS) is 12.4. The van der Waals surface area contributed by atoms with Gasteiger partial charge in [-0.25, -0.2) is 0 Å². The van der Waals surface area contributed by atoms with E-state index < -0.39 is 0 Å². The largest absolute Gasteiger partial charge is 0.493 e. The first-order chi connectivity index (χ1) is 10.1. The number of benzene rings is 2. The standard InChI is InChI=1S/C19H23BrO/c1-14(2)17-10-9-15(3)19(11-17)21-13-18(12-20)16-7-5-4-6-8-16/h4-11,14,18H,12-13H2,1-3H3. The average Bonchev–Trinajstić information content (AvgIpc) is 2.50. The number of alkyl halides is 1. The summed E-state index contributed by atoms with van der Waals surface area (Å²) in [7, 11) is 0. The van der Waals surface area contributed by atoms with Crippen molar-refractivity contribution in [3.05, 3.63) is 65.2 Å². The molecule has 0 spiro atoms. The van der Waals surface area contributed by atoms with Gasteiger partial charge in [-0.2, -0.15) is 0 Å². The Kier molecular flexibility index (Phi) is 5.86. The van der Waals surface area contributed by atoms with Gasteiger partial charge in [0.1, 0.15) is 5.75 Å². The van der Waals surface area contributed by atoms with Gasteiger partial charge in [-0.05, 0) is 35.6 Å². The van der Waals surface area contributed by atoms with Crippen LogP contribution in [0.15, 0.2) is 48.5 Å². The highest BCUT2D eigenvalue weighted by molar-refractivity contribution is 9.09. The lowest BCUT2D eigenvalue weighted by molar-refractivity contribution is 0.296. The van der Waals surface area contributed by atoms with Gasteiger partial charge in [-0.15, -0.1) is 0 Å². The van der Waals surface area contributed by atoms with Gasteiger partial charge in [0.05, 0.1) is 6.61 Å². The molecule has 2 rings (SSSR count). The highest BCUT2D eigenvalue weighted by Gasteiger charge is 2.12. The second-order valence-electron chi connectivity index (χ2n) is 5.75. The fourth-order valence-corrected chi connectivity index (χ4v) is 2.84. The third-order valence-electron chi connectivity index (χ3n) is 3.78. The molecule has 0 saturated heterocycles. The molecule has 1 unspecified atom stereocenters. The van der Waals surface area contributed by atoms with E-state index in [1.54, 1.807) is 0 Å². The van der Waals surface area contributed by atoms with E-state index in [-0.39, 0.29) is 0 Å². The maximum atomic E-state index is 6.11. The Labute approximate surface area is 136 Å². The molecule has 0 saturated carbocycles. The smallest absolute Gasteiger partial charge is 0.122 e. The van der Waals surface area contributed by atoms with Crippen LogP contribution in [0.4, 0.5) is 0 Å². The van der Waals surface area contributed by atoms with Crippen LogP contribution in [0.1, 0.15) is 42.4 Å². The van der Waals surface area contributed by atoms with Crippen LogP contribution in [0.2, 0.25) is 0 Å². The Hall–Kier alpha value is -1.28. The lowest BCUT2D eigenvalue weighted by Crippen LogP contribution is -2.12. The summed E-state index contributed by atoms with van der Waals surface area (Å²) in [6.07, 6.45) is 0. The molecule has 0 aliphatic rings. The van der Waals surface area contributed by atoms with Crippen LogP contribution in [-0.4, -0.2) is 11.9 Å². The van der Waals surface area contributed by atoms with Gasteiger partial charge < -0.3 is 4.74 Å². The van der Waals surface area contributed by atoms with E-state index in [1.807, 2.05) is 6.07 Å². The number of ether oxygens (including phenoxy) is 1. The van der Waals surface area contributed by atoms with Gasteiger partial charge in [-0.1, -0.05) is 72.2 Å². The molecular formula is C19H23BrO. The maximum Gasteiger partial charge on any atom is 0.122 e. The molecule has 21 heavy (non-hydrogen) atoms. The number of hydrogen-bond acceptors (Lipinski definition) is 1. The number of halogens is 1. The van der Waals surface area contributed by atoms with E-state index in [1.165, 1.54) is 16.7 Å². The maximum absolute atomic E-state index is 6.11. The summed E-state index contributed by atoms with van der Waals surface area (Å²) in [5.41, 5.74) is 3.83. The van der Waals surface area contributed by atoms with Gasteiger partial charge in [0, 0.05) is 11.2 Å². The first-order valence-corrected chi connectivity index (χ1v) is 8.58. The molecule has 0 N–H and O–H groups in total. The van der Waals surface area contributed by atoms with Crippen LogP contribution >= 0.6 is 15.9 Å². The summed E-state index contributed by atoms with van der Waals surface area (Å²) in [6.45, 7) is 7.21. The summed E-state index contributed by atoms with van der Waals surface area (Å²) < 4.78 is 6.11. The van der Waals surface area contributed by atoms with Crippen molar-refractivity contribution in [2.75, 3.05) is 11.9 Å². The Balaban J connectivity index is 2.09. The summed E-state index contributed by atoms with van der Waals surface area (Å²) >= 11 is 3.60. The van der Waals surface area contributed by atoms with Crippen molar-refractivity contribution in [1.82, 2.24) is 0 Å².